The van der Waals surface area contributed by atoms with E-state index in [9.17, 15) is 4.39 Å². The number of fused-ring (bicyclic) bond motifs is 1. The summed E-state index contributed by atoms with van der Waals surface area (Å²) in [6, 6.07) is 20.3. The van der Waals surface area contributed by atoms with Gasteiger partial charge in [-0.3, -0.25) is 0 Å². The minimum atomic E-state index is -0.300. The summed E-state index contributed by atoms with van der Waals surface area (Å²) < 4.78 is 27.0. The Hall–Kier alpha value is -3.98. The van der Waals surface area contributed by atoms with Crippen LogP contribution in [0.1, 0.15) is 5.56 Å². The summed E-state index contributed by atoms with van der Waals surface area (Å²) in [5.41, 5.74) is 4.51. The molecule has 0 saturated carbocycles. The van der Waals surface area contributed by atoms with Crippen LogP contribution in [0.5, 0.6) is 5.75 Å². The van der Waals surface area contributed by atoms with E-state index in [4.69, 9.17) is 21.1 Å². The van der Waals surface area contributed by atoms with Crippen molar-refractivity contribution in [3.05, 3.63) is 102 Å². The van der Waals surface area contributed by atoms with Crippen LogP contribution in [0.25, 0.3) is 22.0 Å². The normalized spacial score (nSPS) is 15.4. The first-order valence-corrected chi connectivity index (χ1v) is 13.1. The summed E-state index contributed by atoms with van der Waals surface area (Å²) in [4.78, 5) is 8.94. The fourth-order valence-electron chi connectivity index (χ4n) is 4.67. The lowest BCUT2D eigenvalue weighted by molar-refractivity contribution is 0.0714. The van der Waals surface area contributed by atoms with Gasteiger partial charge in [-0.2, -0.15) is 0 Å². The van der Waals surface area contributed by atoms with E-state index >= 15 is 0 Å². The van der Waals surface area contributed by atoms with Crippen LogP contribution in [0.3, 0.4) is 0 Å². The molecule has 1 aliphatic rings. The number of nitrogens with one attached hydrogen (secondary N) is 2. The van der Waals surface area contributed by atoms with Crippen LogP contribution >= 0.6 is 11.6 Å². The number of nitrogens with zero attached hydrogens (tertiary/aromatic N) is 3. The monoisotopic (exact) mass is 543 g/mol. The van der Waals surface area contributed by atoms with Crippen molar-refractivity contribution in [3.8, 4) is 16.9 Å². The Bertz CT molecular complexity index is 1600. The Kier molecular flexibility index (Phi) is 7.40. The highest BCUT2D eigenvalue weighted by Crippen LogP contribution is 2.32. The predicted molar refractivity (Wildman–Crippen MR) is 151 cm³/mol. The summed E-state index contributed by atoms with van der Waals surface area (Å²) in [7, 11) is 0. The molecule has 1 fully saturated rings. The standard InChI is InChI=1S/C30H27ClFN5O2/c31-27-14-24(5-7-29(27)39-17-20-2-1-3-23(32)12-20)36-30-26-13-21(4-6-28(26)34-19-35-30)22-8-10-37(15-22)16-25-18-38-11-9-33-25/h1-8,10,12-15,19,25,33H,9,11,16-18H2,(H,34,35,36). The first-order valence-electron chi connectivity index (χ1n) is 12.8. The minimum absolute atomic E-state index is 0.219. The van der Waals surface area contributed by atoms with Gasteiger partial charge in [0.2, 0.25) is 0 Å². The Balaban J connectivity index is 1.19. The highest BCUT2D eigenvalue weighted by molar-refractivity contribution is 6.32. The Morgan fingerprint density at radius 2 is 2.03 bits per heavy atom. The molecule has 2 aromatic heterocycles. The van der Waals surface area contributed by atoms with Crippen LogP contribution in [-0.4, -0.2) is 40.3 Å². The number of ether oxygens (including phenoxy) is 2. The number of anilines is 2. The number of benzene rings is 3. The largest absolute Gasteiger partial charge is 0.487 e. The van der Waals surface area contributed by atoms with E-state index in [2.05, 4.69) is 55.8 Å². The van der Waals surface area contributed by atoms with Gasteiger partial charge in [-0.15, -0.1) is 0 Å². The summed E-state index contributed by atoms with van der Waals surface area (Å²) in [6.45, 7) is 3.45. The van der Waals surface area contributed by atoms with Gasteiger partial charge < -0.3 is 24.7 Å². The molecular weight excluding hydrogens is 517 g/mol. The average molecular weight is 544 g/mol. The van der Waals surface area contributed by atoms with Gasteiger partial charge in [0.25, 0.3) is 0 Å². The van der Waals surface area contributed by atoms with Crippen molar-refractivity contribution in [2.45, 2.75) is 19.2 Å². The smallest absolute Gasteiger partial charge is 0.141 e. The summed E-state index contributed by atoms with van der Waals surface area (Å²) >= 11 is 6.50. The maximum atomic E-state index is 13.4. The van der Waals surface area contributed by atoms with Gasteiger partial charge in [0.15, 0.2) is 0 Å². The molecule has 7 nitrogen and oxygen atoms in total. The maximum absolute atomic E-state index is 13.4. The molecule has 2 N–H and O–H groups in total. The average Bonchev–Trinajstić information content (AvgIpc) is 3.42. The second-order valence-corrected chi connectivity index (χ2v) is 9.87. The van der Waals surface area contributed by atoms with E-state index in [1.165, 1.54) is 18.5 Å². The molecule has 1 unspecified atom stereocenters. The van der Waals surface area contributed by atoms with Gasteiger partial charge in [0.05, 0.1) is 23.8 Å². The Morgan fingerprint density at radius 1 is 1.08 bits per heavy atom. The van der Waals surface area contributed by atoms with E-state index in [1.54, 1.807) is 24.3 Å². The van der Waals surface area contributed by atoms with Crippen LogP contribution in [0.2, 0.25) is 5.02 Å². The topological polar surface area (TPSA) is 73.2 Å². The lowest BCUT2D eigenvalue weighted by atomic mass is 10.1. The van der Waals surface area contributed by atoms with E-state index in [-0.39, 0.29) is 12.4 Å². The van der Waals surface area contributed by atoms with Crippen molar-refractivity contribution in [1.29, 1.82) is 0 Å². The van der Waals surface area contributed by atoms with Crippen LogP contribution < -0.4 is 15.4 Å². The Labute approximate surface area is 230 Å². The lowest BCUT2D eigenvalue weighted by Crippen LogP contribution is -2.43. The van der Waals surface area contributed by atoms with Crippen LogP contribution in [0, 0.1) is 5.82 Å². The van der Waals surface area contributed by atoms with Crippen molar-refractivity contribution < 1.29 is 13.9 Å². The molecule has 0 aliphatic carbocycles. The molecule has 39 heavy (non-hydrogen) atoms. The fourth-order valence-corrected chi connectivity index (χ4v) is 4.91. The number of halogens is 2. The molecule has 1 atom stereocenters. The predicted octanol–water partition coefficient (Wildman–Crippen LogP) is 6.20. The van der Waals surface area contributed by atoms with Gasteiger partial charge in [0.1, 0.15) is 30.3 Å². The zero-order valence-electron chi connectivity index (χ0n) is 21.1. The van der Waals surface area contributed by atoms with Gasteiger partial charge in [0, 0.05) is 42.6 Å². The SMILES string of the molecule is Fc1cccc(COc2ccc(Nc3ncnc4ccc(-c5ccn(CC6COCCN6)c5)cc34)cc2Cl)c1. The second-order valence-electron chi connectivity index (χ2n) is 9.47. The van der Waals surface area contributed by atoms with E-state index < -0.39 is 0 Å². The van der Waals surface area contributed by atoms with Gasteiger partial charge in [-0.05, 0) is 65.2 Å². The molecule has 0 amide bonds. The van der Waals surface area contributed by atoms with E-state index in [0.29, 0.717) is 22.6 Å². The summed E-state index contributed by atoms with van der Waals surface area (Å²) in [5, 5.41) is 8.20. The van der Waals surface area contributed by atoms with E-state index in [0.717, 1.165) is 59.6 Å². The number of morpholine rings is 1. The third-order valence-corrected chi connectivity index (χ3v) is 6.92. The molecule has 0 bridgehead atoms. The first-order chi connectivity index (χ1) is 19.1. The molecule has 0 spiro atoms. The molecule has 0 radical (unpaired) electrons. The summed E-state index contributed by atoms with van der Waals surface area (Å²) in [6.07, 6.45) is 5.78. The maximum Gasteiger partial charge on any atom is 0.141 e. The lowest BCUT2D eigenvalue weighted by Gasteiger charge is -2.24. The van der Waals surface area contributed by atoms with Crippen molar-refractivity contribution in [1.82, 2.24) is 19.9 Å². The molecule has 3 aromatic carbocycles. The van der Waals surface area contributed by atoms with Crippen molar-refractivity contribution >= 4 is 34.0 Å². The molecule has 9 heteroatoms. The van der Waals surface area contributed by atoms with Crippen LogP contribution in [0.4, 0.5) is 15.9 Å². The molecule has 1 aliphatic heterocycles. The molecule has 1 saturated heterocycles. The third kappa shape index (κ3) is 6.04. The number of rotatable bonds is 8. The van der Waals surface area contributed by atoms with Gasteiger partial charge in [-0.1, -0.05) is 29.8 Å². The fraction of sp³-hybridized carbons (Fsp3) is 0.200. The molecular formula is C30H27ClFN5O2. The van der Waals surface area contributed by atoms with E-state index in [1.807, 2.05) is 12.1 Å². The molecule has 3 heterocycles. The van der Waals surface area contributed by atoms with Crippen LogP contribution in [0.15, 0.2) is 85.5 Å². The van der Waals surface area contributed by atoms with Crippen molar-refractivity contribution in [2.75, 3.05) is 25.1 Å². The first kappa shape index (κ1) is 25.3. The third-order valence-electron chi connectivity index (χ3n) is 6.63. The number of hydrogen-bond donors (Lipinski definition) is 2. The minimum Gasteiger partial charge on any atom is -0.487 e. The molecule has 5 aromatic rings. The zero-order chi connectivity index (χ0) is 26.6. The Morgan fingerprint density at radius 3 is 2.87 bits per heavy atom. The van der Waals surface area contributed by atoms with Crippen molar-refractivity contribution in [3.63, 3.8) is 0 Å². The highest BCUT2D eigenvalue weighted by Gasteiger charge is 2.14. The quantitative estimate of drug-likeness (QED) is 0.243. The van der Waals surface area contributed by atoms with Gasteiger partial charge >= 0.3 is 0 Å². The zero-order valence-corrected chi connectivity index (χ0v) is 21.9. The van der Waals surface area contributed by atoms with Crippen molar-refractivity contribution in [2.24, 2.45) is 0 Å². The molecule has 198 valence electrons. The highest BCUT2D eigenvalue weighted by atomic mass is 35.5. The van der Waals surface area contributed by atoms with Gasteiger partial charge in [-0.25, -0.2) is 14.4 Å². The number of hydrogen-bond acceptors (Lipinski definition) is 6. The summed E-state index contributed by atoms with van der Waals surface area (Å²) in [5.74, 6) is 0.890. The second kappa shape index (κ2) is 11.4. The van der Waals surface area contributed by atoms with Crippen LogP contribution in [-0.2, 0) is 17.9 Å². The number of aromatic nitrogens is 3. The molecule has 6 rings (SSSR count).